The van der Waals surface area contributed by atoms with Crippen LogP contribution >= 0.6 is 0 Å². The molecule has 1 aliphatic heterocycles. The molecule has 0 spiro atoms. The van der Waals surface area contributed by atoms with Crippen molar-refractivity contribution < 1.29 is 4.39 Å². The van der Waals surface area contributed by atoms with Gasteiger partial charge in [0.1, 0.15) is 5.82 Å². The van der Waals surface area contributed by atoms with E-state index in [0.717, 1.165) is 13.0 Å². The van der Waals surface area contributed by atoms with Crippen LogP contribution in [0.25, 0.3) is 6.08 Å². The minimum atomic E-state index is -0.149. The highest BCUT2D eigenvalue weighted by molar-refractivity contribution is 5.50. The van der Waals surface area contributed by atoms with E-state index in [0.29, 0.717) is 11.6 Å². The number of nitrogens with one attached hydrogen (secondary N) is 1. The third kappa shape index (κ3) is 2.90. The van der Waals surface area contributed by atoms with Crippen LogP contribution in [0, 0.1) is 5.82 Å². The minimum Gasteiger partial charge on any atom is -0.311 e. The Morgan fingerprint density at radius 3 is 2.87 bits per heavy atom. The lowest BCUT2D eigenvalue weighted by molar-refractivity contribution is 0.455. The van der Waals surface area contributed by atoms with Gasteiger partial charge in [-0.1, -0.05) is 36.8 Å². The molecule has 1 aromatic carbocycles. The fourth-order valence-electron chi connectivity index (χ4n) is 1.87. The monoisotopic (exact) mass is 205 g/mol. The first-order valence-electron chi connectivity index (χ1n) is 5.52. The Labute approximate surface area is 90.0 Å². The molecule has 15 heavy (non-hydrogen) atoms. The molecule has 1 heterocycles. The van der Waals surface area contributed by atoms with Crippen LogP contribution in [0.4, 0.5) is 4.39 Å². The lowest BCUT2D eigenvalue weighted by Gasteiger charge is -2.20. The second-order valence-corrected chi connectivity index (χ2v) is 3.94. The molecule has 0 radical (unpaired) electrons. The minimum absolute atomic E-state index is 0.149. The fourth-order valence-corrected chi connectivity index (χ4v) is 1.87. The van der Waals surface area contributed by atoms with Crippen molar-refractivity contribution in [3.63, 3.8) is 0 Å². The Balaban J connectivity index is 2.01. The van der Waals surface area contributed by atoms with Crippen LogP contribution in [0.3, 0.4) is 0 Å². The molecule has 1 aliphatic rings. The normalized spacial score (nSPS) is 22.1. The first kappa shape index (κ1) is 10.4. The van der Waals surface area contributed by atoms with Crippen LogP contribution in [0.1, 0.15) is 24.8 Å². The van der Waals surface area contributed by atoms with E-state index < -0.39 is 0 Å². The van der Waals surface area contributed by atoms with E-state index in [1.807, 2.05) is 12.1 Å². The van der Waals surface area contributed by atoms with Crippen molar-refractivity contribution >= 4 is 6.08 Å². The lowest BCUT2D eigenvalue weighted by Crippen LogP contribution is -2.31. The molecule has 1 atom stereocenters. The van der Waals surface area contributed by atoms with E-state index in [4.69, 9.17) is 0 Å². The standard InChI is InChI=1S/C13H16FN/c14-13-7-2-1-5-11(13)8-9-12-6-3-4-10-15-12/h1-2,5,7-9,12,15H,3-4,6,10H2/b9-8+. The summed E-state index contributed by atoms with van der Waals surface area (Å²) in [6, 6.07) is 7.28. The van der Waals surface area contributed by atoms with Gasteiger partial charge in [-0.15, -0.1) is 0 Å². The summed E-state index contributed by atoms with van der Waals surface area (Å²) < 4.78 is 13.3. The zero-order valence-electron chi connectivity index (χ0n) is 8.75. The quantitative estimate of drug-likeness (QED) is 0.782. The predicted octanol–water partition coefficient (Wildman–Crippen LogP) is 2.98. The van der Waals surface area contributed by atoms with Crippen LogP contribution in [0.15, 0.2) is 30.3 Å². The summed E-state index contributed by atoms with van der Waals surface area (Å²) in [6.45, 7) is 1.08. The molecule has 80 valence electrons. The molecule has 0 saturated carbocycles. The number of benzene rings is 1. The highest BCUT2D eigenvalue weighted by atomic mass is 19.1. The number of piperidine rings is 1. The van der Waals surface area contributed by atoms with Crippen molar-refractivity contribution in [3.05, 3.63) is 41.7 Å². The Kier molecular flexibility index (Phi) is 3.51. The summed E-state index contributed by atoms with van der Waals surface area (Å²) in [5, 5.41) is 3.40. The van der Waals surface area contributed by atoms with Gasteiger partial charge in [0.25, 0.3) is 0 Å². The molecule has 1 nitrogen and oxygen atoms in total. The van der Waals surface area contributed by atoms with E-state index in [2.05, 4.69) is 11.4 Å². The topological polar surface area (TPSA) is 12.0 Å². The molecule has 1 fully saturated rings. The summed E-state index contributed by atoms with van der Waals surface area (Å²) in [4.78, 5) is 0. The number of hydrogen-bond donors (Lipinski definition) is 1. The van der Waals surface area contributed by atoms with E-state index in [1.54, 1.807) is 12.1 Å². The summed E-state index contributed by atoms with van der Waals surface area (Å²) in [6.07, 6.45) is 7.62. The number of hydrogen-bond acceptors (Lipinski definition) is 1. The van der Waals surface area contributed by atoms with E-state index in [-0.39, 0.29) is 5.82 Å². The number of halogens is 1. The van der Waals surface area contributed by atoms with Gasteiger partial charge < -0.3 is 5.32 Å². The Hall–Kier alpha value is -1.15. The molecule has 0 bridgehead atoms. The Morgan fingerprint density at radius 2 is 2.13 bits per heavy atom. The fraction of sp³-hybridized carbons (Fsp3) is 0.385. The zero-order chi connectivity index (χ0) is 10.5. The van der Waals surface area contributed by atoms with Crippen molar-refractivity contribution in [1.29, 1.82) is 0 Å². The first-order chi connectivity index (χ1) is 7.36. The van der Waals surface area contributed by atoms with Gasteiger partial charge in [0.05, 0.1) is 0 Å². The van der Waals surface area contributed by atoms with Gasteiger partial charge in [-0.05, 0) is 25.5 Å². The third-order valence-electron chi connectivity index (χ3n) is 2.76. The molecule has 1 aromatic rings. The molecule has 1 N–H and O–H groups in total. The van der Waals surface area contributed by atoms with Crippen LogP contribution in [0.5, 0.6) is 0 Å². The smallest absolute Gasteiger partial charge is 0.130 e. The van der Waals surface area contributed by atoms with E-state index >= 15 is 0 Å². The largest absolute Gasteiger partial charge is 0.311 e. The molecule has 1 saturated heterocycles. The van der Waals surface area contributed by atoms with Gasteiger partial charge in [0.2, 0.25) is 0 Å². The maximum absolute atomic E-state index is 13.3. The SMILES string of the molecule is Fc1ccccc1/C=C/C1CCCCN1. The molecule has 1 unspecified atom stereocenters. The average molecular weight is 205 g/mol. The molecule has 0 amide bonds. The molecule has 0 aliphatic carbocycles. The molecular weight excluding hydrogens is 189 g/mol. The van der Waals surface area contributed by atoms with Gasteiger partial charge >= 0.3 is 0 Å². The maximum atomic E-state index is 13.3. The molecule has 2 rings (SSSR count). The third-order valence-corrected chi connectivity index (χ3v) is 2.76. The maximum Gasteiger partial charge on any atom is 0.130 e. The van der Waals surface area contributed by atoms with Crippen molar-refractivity contribution in [2.24, 2.45) is 0 Å². The van der Waals surface area contributed by atoms with Crippen molar-refractivity contribution in [1.82, 2.24) is 5.32 Å². The van der Waals surface area contributed by atoms with Crippen molar-refractivity contribution in [3.8, 4) is 0 Å². The highest BCUT2D eigenvalue weighted by Gasteiger charge is 2.08. The van der Waals surface area contributed by atoms with Gasteiger partial charge in [-0.25, -0.2) is 4.39 Å². The van der Waals surface area contributed by atoms with Crippen LogP contribution in [-0.2, 0) is 0 Å². The second kappa shape index (κ2) is 5.08. The summed E-state index contributed by atoms with van der Waals surface area (Å²) >= 11 is 0. The van der Waals surface area contributed by atoms with E-state index in [9.17, 15) is 4.39 Å². The first-order valence-corrected chi connectivity index (χ1v) is 5.52. The van der Waals surface area contributed by atoms with Crippen LogP contribution < -0.4 is 5.32 Å². The van der Waals surface area contributed by atoms with Crippen molar-refractivity contribution in [2.75, 3.05) is 6.54 Å². The Bertz CT molecular complexity index is 340. The summed E-state index contributed by atoms with van der Waals surface area (Å²) in [5.41, 5.74) is 0.671. The lowest BCUT2D eigenvalue weighted by atomic mass is 10.0. The summed E-state index contributed by atoms with van der Waals surface area (Å²) in [7, 11) is 0. The summed E-state index contributed by atoms with van der Waals surface area (Å²) in [5.74, 6) is -0.149. The van der Waals surface area contributed by atoms with E-state index in [1.165, 1.54) is 18.9 Å². The van der Waals surface area contributed by atoms with Gasteiger partial charge in [0.15, 0.2) is 0 Å². The molecule has 0 aromatic heterocycles. The van der Waals surface area contributed by atoms with Gasteiger partial charge in [-0.3, -0.25) is 0 Å². The highest BCUT2D eigenvalue weighted by Crippen LogP contribution is 2.12. The molecular formula is C13H16FN. The van der Waals surface area contributed by atoms with Gasteiger partial charge in [0, 0.05) is 11.6 Å². The Morgan fingerprint density at radius 1 is 1.27 bits per heavy atom. The number of rotatable bonds is 2. The molecule has 2 heteroatoms. The predicted molar refractivity (Wildman–Crippen MR) is 61.1 cm³/mol. The average Bonchev–Trinajstić information content (AvgIpc) is 2.29. The van der Waals surface area contributed by atoms with Crippen LogP contribution in [-0.4, -0.2) is 12.6 Å². The second-order valence-electron chi connectivity index (χ2n) is 3.94. The zero-order valence-corrected chi connectivity index (χ0v) is 8.75. The van der Waals surface area contributed by atoms with Crippen LogP contribution in [0.2, 0.25) is 0 Å². The van der Waals surface area contributed by atoms with Gasteiger partial charge in [-0.2, -0.15) is 0 Å². The van der Waals surface area contributed by atoms with Crippen molar-refractivity contribution in [2.45, 2.75) is 25.3 Å².